The average Bonchev–Trinajstić information content (AvgIpc) is 3.04. The van der Waals surface area contributed by atoms with E-state index in [-0.39, 0.29) is 37.2 Å². The molecule has 1 aromatic heterocycles. The molecule has 0 amide bonds. The van der Waals surface area contributed by atoms with Gasteiger partial charge in [0.2, 0.25) is 0 Å². The molecule has 4 saturated carbocycles. The van der Waals surface area contributed by atoms with E-state index in [1.165, 1.54) is 12.3 Å². The van der Waals surface area contributed by atoms with Gasteiger partial charge in [-0.25, -0.2) is 8.98 Å². The Morgan fingerprint density at radius 2 is 1.79 bits per heavy atom. The predicted octanol–water partition coefficient (Wildman–Crippen LogP) is 2.16. The van der Waals surface area contributed by atoms with Crippen molar-refractivity contribution in [3.63, 3.8) is 0 Å². The summed E-state index contributed by atoms with van der Waals surface area (Å²) >= 11 is 0. The second-order valence-electron chi connectivity index (χ2n) is 11.3. The van der Waals surface area contributed by atoms with E-state index in [4.69, 9.17) is 13.2 Å². The van der Waals surface area contributed by atoms with Crippen LogP contribution in [0.1, 0.15) is 76.2 Å². The van der Waals surface area contributed by atoms with E-state index in [1.54, 1.807) is 6.07 Å². The normalized spacial score (nSPS) is 46.4. The van der Waals surface area contributed by atoms with Crippen LogP contribution in [0.25, 0.3) is 0 Å². The zero-order valence-corrected chi connectivity index (χ0v) is 20.2. The highest BCUT2D eigenvalue weighted by atomic mass is 32.3. The van der Waals surface area contributed by atoms with E-state index in [1.807, 2.05) is 0 Å². The van der Waals surface area contributed by atoms with Gasteiger partial charge in [-0.1, -0.05) is 6.92 Å². The standard InChI is InChI=1S/C24H34O9S/c1-21-8-5-18-19(24(21,28)11-7-17(21)15-2-3-20(26)32-13-15)6-10-23(27)12-16(33-34(29,30)31)4-9-22(18,23)14-25/h2-3,13,16-19,25,27-28H,4-12,14H2,1H3,(H,29,30,31)/t16-,17+,18-,19+,21+,22-,23-,24-/m0/s1. The third kappa shape index (κ3) is 3.37. The molecule has 4 N–H and O–H groups in total. The highest BCUT2D eigenvalue weighted by molar-refractivity contribution is 7.80. The largest absolute Gasteiger partial charge is 0.431 e. The number of aliphatic hydroxyl groups excluding tert-OH is 1. The third-order valence-electron chi connectivity index (χ3n) is 10.3. The lowest BCUT2D eigenvalue weighted by molar-refractivity contribution is -0.266. The maximum atomic E-state index is 12.2. The van der Waals surface area contributed by atoms with Gasteiger partial charge < -0.3 is 19.7 Å². The predicted molar refractivity (Wildman–Crippen MR) is 120 cm³/mol. The molecule has 1 aromatic rings. The van der Waals surface area contributed by atoms with Crippen molar-refractivity contribution in [2.24, 2.45) is 22.7 Å². The van der Waals surface area contributed by atoms with Crippen molar-refractivity contribution in [2.45, 2.75) is 87.9 Å². The van der Waals surface area contributed by atoms with Crippen molar-refractivity contribution in [2.75, 3.05) is 6.61 Å². The fraction of sp³-hybridized carbons (Fsp3) is 0.792. The minimum Gasteiger partial charge on any atom is -0.431 e. The maximum absolute atomic E-state index is 12.2. The Kier molecular flexibility index (Phi) is 5.63. The molecule has 0 radical (unpaired) electrons. The summed E-state index contributed by atoms with van der Waals surface area (Å²) in [6.07, 6.45) is 4.90. The summed E-state index contributed by atoms with van der Waals surface area (Å²) in [6.45, 7) is 1.85. The number of rotatable bonds is 4. The van der Waals surface area contributed by atoms with Gasteiger partial charge in [0.15, 0.2) is 0 Å². The molecule has 4 fully saturated rings. The van der Waals surface area contributed by atoms with Crippen LogP contribution >= 0.6 is 0 Å². The summed E-state index contributed by atoms with van der Waals surface area (Å²) in [5, 5.41) is 34.7. The van der Waals surface area contributed by atoms with Crippen LogP contribution in [0, 0.1) is 22.7 Å². The second kappa shape index (κ2) is 7.85. The van der Waals surface area contributed by atoms with Crippen molar-refractivity contribution in [1.82, 2.24) is 0 Å². The van der Waals surface area contributed by atoms with Gasteiger partial charge in [0.25, 0.3) is 0 Å². The molecule has 8 atom stereocenters. The number of hydrogen-bond acceptors (Lipinski definition) is 8. The molecular formula is C24H34O9S. The summed E-state index contributed by atoms with van der Waals surface area (Å²) in [4.78, 5) is 11.5. The molecule has 0 unspecified atom stereocenters. The molecule has 10 heteroatoms. The second-order valence-corrected chi connectivity index (χ2v) is 12.4. The van der Waals surface area contributed by atoms with Gasteiger partial charge >= 0.3 is 16.0 Å². The molecule has 9 nitrogen and oxygen atoms in total. The van der Waals surface area contributed by atoms with Gasteiger partial charge in [0.05, 0.1) is 30.2 Å². The van der Waals surface area contributed by atoms with Gasteiger partial charge in [0, 0.05) is 23.3 Å². The maximum Gasteiger partial charge on any atom is 0.397 e. The summed E-state index contributed by atoms with van der Waals surface area (Å²) < 4.78 is 41.6. The average molecular weight is 499 g/mol. The zero-order chi connectivity index (χ0) is 24.6. The molecule has 0 saturated heterocycles. The van der Waals surface area contributed by atoms with Crippen molar-refractivity contribution in [3.05, 3.63) is 34.4 Å². The number of fused-ring (bicyclic) bond motifs is 5. The summed E-state index contributed by atoms with van der Waals surface area (Å²) in [5.74, 6) is -0.223. The summed E-state index contributed by atoms with van der Waals surface area (Å²) in [7, 11) is -4.64. The molecule has 1 heterocycles. The van der Waals surface area contributed by atoms with Gasteiger partial charge in [-0.3, -0.25) is 4.55 Å². The van der Waals surface area contributed by atoms with Crippen LogP contribution < -0.4 is 5.63 Å². The fourth-order valence-corrected chi connectivity index (χ4v) is 9.18. The van der Waals surface area contributed by atoms with Crippen LogP contribution in [0.2, 0.25) is 0 Å². The van der Waals surface area contributed by atoms with E-state index in [2.05, 4.69) is 6.92 Å². The Labute approximate surface area is 199 Å². The smallest absolute Gasteiger partial charge is 0.397 e. The Hall–Kier alpha value is -1.30. The molecule has 4 aliphatic rings. The third-order valence-corrected chi connectivity index (χ3v) is 10.8. The zero-order valence-electron chi connectivity index (χ0n) is 19.4. The molecule has 4 aliphatic carbocycles. The van der Waals surface area contributed by atoms with Crippen molar-refractivity contribution in [1.29, 1.82) is 0 Å². The topological polar surface area (TPSA) is 154 Å². The van der Waals surface area contributed by atoms with Crippen LogP contribution in [0.3, 0.4) is 0 Å². The Bertz CT molecular complexity index is 1100. The first-order chi connectivity index (χ1) is 15.9. The van der Waals surface area contributed by atoms with Gasteiger partial charge in [-0.15, -0.1) is 0 Å². The lowest BCUT2D eigenvalue weighted by Crippen LogP contribution is -2.69. The first kappa shape index (κ1) is 24.4. The fourth-order valence-electron chi connectivity index (χ4n) is 8.67. The summed E-state index contributed by atoms with van der Waals surface area (Å²) in [6, 6.07) is 3.20. The SMILES string of the molecule is C[C@]12CC[C@H]3[C@@H](CC[C@]4(O)C[C@@H](OS(=O)(=O)O)CC[C@]34CO)[C@@]1(O)CC[C@@H]2c1ccc(=O)oc1. The van der Waals surface area contributed by atoms with Crippen LogP contribution in [-0.2, 0) is 14.6 Å². The van der Waals surface area contributed by atoms with Crippen LogP contribution in [-0.4, -0.2) is 52.2 Å². The van der Waals surface area contributed by atoms with E-state index in [0.717, 1.165) is 12.0 Å². The minimum atomic E-state index is -4.64. The Morgan fingerprint density at radius 1 is 1.06 bits per heavy atom. The van der Waals surface area contributed by atoms with Gasteiger partial charge in [-0.2, -0.15) is 8.42 Å². The molecular weight excluding hydrogens is 464 g/mol. The highest BCUT2D eigenvalue weighted by Crippen LogP contribution is 2.71. The lowest BCUT2D eigenvalue weighted by atomic mass is 9.41. The molecule has 34 heavy (non-hydrogen) atoms. The molecule has 5 rings (SSSR count). The van der Waals surface area contributed by atoms with Crippen molar-refractivity contribution >= 4 is 10.4 Å². The first-order valence-corrected chi connectivity index (χ1v) is 13.5. The van der Waals surface area contributed by atoms with E-state index in [0.29, 0.717) is 38.5 Å². The van der Waals surface area contributed by atoms with Crippen molar-refractivity contribution in [3.8, 4) is 0 Å². The highest BCUT2D eigenvalue weighted by Gasteiger charge is 2.71. The molecule has 0 bridgehead atoms. The first-order valence-electron chi connectivity index (χ1n) is 12.2. The number of hydrogen-bond donors (Lipinski definition) is 4. The molecule has 0 spiro atoms. The van der Waals surface area contributed by atoms with Gasteiger partial charge in [-0.05, 0) is 80.8 Å². The van der Waals surface area contributed by atoms with Crippen molar-refractivity contribution < 1.29 is 36.9 Å². The van der Waals surface area contributed by atoms with Crippen LogP contribution in [0.5, 0.6) is 0 Å². The van der Waals surface area contributed by atoms with E-state index >= 15 is 0 Å². The molecule has 190 valence electrons. The quantitative estimate of drug-likeness (QED) is 0.457. The van der Waals surface area contributed by atoms with Gasteiger partial charge in [0.1, 0.15) is 0 Å². The van der Waals surface area contributed by atoms with Crippen LogP contribution in [0.15, 0.2) is 27.6 Å². The molecule has 0 aliphatic heterocycles. The van der Waals surface area contributed by atoms with E-state index < -0.39 is 44.2 Å². The Morgan fingerprint density at radius 3 is 2.44 bits per heavy atom. The number of aliphatic hydroxyl groups is 3. The summed E-state index contributed by atoms with van der Waals surface area (Å²) in [5.41, 5.74) is -3.15. The lowest BCUT2D eigenvalue weighted by Gasteiger charge is -2.66. The monoisotopic (exact) mass is 498 g/mol. The van der Waals surface area contributed by atoms with Crippen LogP contribution in [0.4, 0.5) is 0 Å². The minimum absolute atomic E-state index is 0.0118. The molecule has 0 aromatic carbocycles. The van der Waals surface area contributed by atoms with E-state index in [9.17, 15) is 28.5 Å². The Balaban J connectivity index is 1.46.